The van der Waals surface area contributed by atoms with Crippen molar-refractivity contribution in [2.75, 3.05) is 0 Å². The van der Waals surface area contributed by atoms with Crippen LogP contribution in [0.25, 0.3) is 0 Å². The van der Waals surface area contributed by atoms with E-state index in [1.807, 2.05) is 24.4 Å². The number of nitrogens with zero attached hydrogens (tertiary/aromatic N) is 1. The second-order valence-electron chi connectivity index (χ2n) is 3.55. The van der Waals surface area contributed by atoms with Crippen LogP contribution in [0.3, 0.4) is 0 Å². The van der Waals surface area contributed by atoms with Gasteiger partial charge < -0.3 is 5.43 Å². The van der Waals surface area contributed by atoms with Crippen molar-refractivity contribution in [1.29, 1.82) is 0 Å². The molecule has 1 N–H and O–H groups in total. The van der Waals surface area contributed by atoms with Gasteiger partial charge in [-0.05, 0) is 29.5 Å². The van der Waals surface area contributed by atoms with E-state index in [4.69, 9.17) is 0 Å². The fraction of sp³-hybridized carbons (Fsp3) is 0.154. The highest BCUT2D eigenvalue weighted by atomic mass is 32.1. The Morgan fingerprint density at radius 3 is 2.75 bits per heavy atom. The molecule has 0 saturated carbocycles. The molecule has 1 heterocycles. The molecular weight excluding hydrogens is 216 g/mol. The Bertz CT molecular complexity index is 460. The first kappa shape index (κ1) is 10.9. The molecule has 0 amide bonds. The summed E-state index contributed by atoms with van der Waals surface area (Å²) in [5.74, 6) is 0. The first-order valence-electron chi connectivity index (χ1n) is 5.20. The Hall–Kier alpha value is -1.61. The number of hydrazone groups is 1. The number of rotatable bonds is 4. The first-order chi connectivity index (χ1) is 7.86. The minimum absolute atomic E-state index is 0.766. The van der Waals surface area contributed by atoms with E-state index in [1.165, 1.54) is 16.0 Å². The molecule has 1 aromatic carbocycles. The predicted octanol–water partition coefficient (Wildman–Crippen LogP) is 3.18. The number of aryl methyl sites for hydroxylation is 1. The molecule has 0 bridgehead atoms. The molecule has 3 heteroatoms. The highest BCUT2D eigenvalue weighted by Crippen LogP contribution is 2.12. The van der Waals surface area contributed by atoms with Gasteiger partial charge in [-0.2, -0.15) is 5.10 Å². The zero-order chi connectivity index (χ0) is 11.2. The van der Waals surface area contributed by atoms with Gasteiger partial charge in [-0.15, -0.1) is 11.3 Å². The lowest BCUT2D eigenvalue weighted by Gasteiger charge is -1.99. The lowest BCUT2D eigenvalue weighted by Crippen LogP contribution is -2.05. The summed E-state index contributed by atoms with van der Waals surface area (Å²) in [6.07, 6.45) is 1.88. The van der Waals surface area contributed by atoms with E-state index in [1.54, 1.807) is 11.3 Å². The minimum atomic E-state index is 0.766. The van der Waals surface area contributed by atoms with E-state index in [-0.39, 0.29) is 0 Å². The van der Waals surface area contributed by atoms with Crippen molar-refractivity contribution in [3.05, 3.63) is 57.8 Å². The summed E-state index contributed by atoms with van der Waals surface area (Å²) in [6, 6.07) is 12.3. The van der Waals surface area contributed by atoms with Gasteiger partial charge in [-0.25, -0.2) is 0 Å². The normalized spacial score (nSPS) is 10.8. The molecule has 0 spiro atoms. The van der Waals surface area contributed by atoms with E-state index in [2.05, 4.69) is 41.0 Å². The summed E-state index contributed by atoms with van der Waals surface area (Å²) >= 11 is 1.71. The zero-order valence-corrected chi connectivity index (χ0v) is 10.00. The van der Waals surface area contributed by atoms with Crippen LogP contribution in [0.15, 0.2) is 46.9 Å². The van der Waals surface area contributed by atoms with E-state index in [0.29, 0.717) is 0 Å². The molecule has 0 radical (unpaired) electrons. The van der Waals surface area contributed by atoms with Crippen molar-refractivity contribution in [2.45, 2.75) is 13.5 Å². The molecule has 0 fully saturated rings. The molecule has 82 valence electrons. The van der Waals surface area contributed by atoms with Crippen LogP contribution in [0, 0.1) is 6.92 Å². The van der Waals surface area contributed by atoms with Gasteiger partial charge in [0.1, 0.15) is 0 Å². The smallest absolute Gasteiger partial charge is 0.0643 e. The molecule has 2 nitrogen and oxygen atoms in total. The average Bonchev–Trinajstić information content (AvgIpc) is 2.72. The Kier molecular flexibility index (Phi) is 3.72. The van der Waals surface area contributed by atoms with Gasteiger partial charge in [0.2, 0.25) is 0 Å². The third-order valence-electron chi connectivity index (χ3n) is 2.30. The van der Waals surface area contributed by atoms with Gasteiger partial charge in [0.25, 0.3) is 0 Å². The van der Waals surface area contributed by atoms with Crippen LogP contribution < -0.4 is 5.43 Å². The summed E-state index contributed by atoms with van der Waals surface area (Å²) in [5.41, 5.74) is 5.56. The minimum Gasteiger partial charge on any atom is -0.306 e. The van der Waals surface area contributed by atoms with Gasteiger partial charge in [0.05, 0.1) is 12.8 Å². The Balaban J connectivity index is 1.85. The molecule has 2 rings (SSSR count). The molecule has 0 saturated heterocycles. The van der Waals surface area contributed by atoms with Gasteiger partial charge in [-0.1, -0.05) is 30.3 Å². The second-order valence-corrected chi connectivity index (χ2v) is 4.49. The van der Waals surface area contributed by atoms with Crippen LogP contribution in [-0.4, -0.2) is 6.21 Å². The maximum atomic E-state index is 4.21. The van der Waals surface area contributed by atoms with Crippen LogP contribution in [0.5, 0.6) is 0 Å². The van der Waals surface area contributed by atoms with E-state index < -0.39 is 0 Å². The summed E-state index contributed by atoms with van der Waals surface area (Å²) in [7, 11) is 0. The molecule has 0 aliphatic heterocycles. The van der Waals surface area contributed by atoms with Crippen LogP contribution >= 0.6 is 11.3 Å². The summed E-state index contributed by atoms with van der Waals surface area (Å²) in [4.78, 5) is 1.21. The van der Waals surface area contributed by atoms with E-state index in [0.717, 1.165) is 6.54 Å². The van der Waals surface area contributed by atoms with Gasteiger partial charge in [-0.3, -0.25) is 0 Å². The molecule has 0 aliphatic carbocycles. The Labute approximate surface area is 99.6 Å². The highest BCUT2D eigenvalue weighted by Gasteiger charge is 1.94. The summed E-state index contributed by atoms with van der Waals surface area (Å²) in [6.45, 7) is 2.86. The van der Waals surface area contributed by atoms with Crippen LogP contribution in [0.1, 0.15) is 16.0 Å². The quantitative estimate of drug-likeness (QED) is 0.633. The number of nitrogens with one attached hydrogen (secondary N) is 1. The molecule has 0 atom stereocenters. The zero-order valence-electron chi connectivity index (χ0n) is 9.18. The topological polar surface area (TPSA) is 24.4 Å². The molecule has 16 heavy (non-hydrogen) atoms. The number of benzene rings is 1. The molecule has 2 aromatic rings. The lowest BCUT2D eigenvalue weighted by atomic mass is 10.2. The van der Waals surface area contributed by atoms with Crippen molar-refractivity contribution in [3.8, 4) is 0 Å². The van der Waals surface area contributed by atoms with Crippen LogP contribution in [0.4, 0.5) is 0 Å². The predicted molar refractivity (Wildman–Crippen MR) is 69.9 cm³/mol. The summed E-state index contributed by atoms with van der Waals surface area (Å²) in [5, 5.41) is 6.28. The molecule has 0 unspecified atom stereocenters. The molecule has 1 aromatic heterocycles. The second kappa shape index (κ2) is 5.47. The maximum absolute atomic E-state index is 4.21. The molecular formula is C13H14N2S. The maximum Gasteiger partial charge on any atom is 0.0643 e. The van der Waals surface area contributed by atoms with E-state index in [9.17, 15) is 0 Å². The number of hydrogen-bond acceptors (Lipinski definition) is 3. The van der Waals surface area contributed by atoms with Crippen LogP contribution in [0.2, 0.25) is 0 Å². The monoisotopic (exact) mass is 230 g/mol. The third-order valence-corrected chi connectivity index (χ3v) is 3.25. The van der Waals surface area contributed by atoms with Crippen molar-refractivity contribution >= 4 is 17.6 Å². The van der Waals surface area contributed by atoms with Gasteiger partial charge >= 0.3 is 0 Å². The van der Waals surface area contributed by atoms with Crippen molar-refractivity contribution < 1.29 is 0 Å². The van der Waals surface area contributed by atoms with Crippen molar-refractivity contribution in [1.82, 2.24) is 5.43 Å². The van der Waals surface area contributed by atoms with E-state index >= 15 is 0 Å². The van der Waals surface area contributed by atoms with Gasteiger partial charge in [0, 0.05) is 4.88 Å². The highest BCUT2D eigenvalue weighted by molar-refractivity contribution is 7.11. The fourth-order valence-corrected chi connectivity index (χ4v) is 2.14. The van der Waals surface area contributed by atoms with Crippen molar-refractivity contribution in [3.63, 3.8) is 0 Å². The van der Waals surface area contributed by atoms with Gasteiger partial charge in [0.15, 0.2) is 0 Å². The average molecular weight is 230 g/mol. The van der Waals surface area contributed by atoms with Crippen molar-refractivity contribution in [2.24, 2.45) is 5.10 Å². The summed E-state index contributed by atoms with van der Waals surface area (Å²) < 4.78 is 0. The number of thiophene rings is 1. The van der Waals surface area contributed by atoms with Crippen LogP contribution in [-0.2, 0) is 6.54 Å². The first-order valence-corrected chi connectivity index (χ1v) is 6.08. The lowest BCUT2D eigenvalue weighted by molar-refractivity contribution is 0.748. The largest absolute Gasteiger partial charge is 0.306 e. The third kappa shape index (κ3) is 2.94. The Morgan fingerprint density at radius 2 is 2.06 bits per heavy atom. The fourth-order valence-electron chi connectivity index (χ4n) is 1.35. The standard InChI is InChI=1S/C13H14N2S/c1-11-7-8-16-13(11)10-15-14-9-12-5-3-2-4-6-12/h2-8,10,14H,9H2,1H3. The Morgan fingerprint density at radius 1 is 1.25 bits per heavy atom. The SMILES string of the molecule is Cc1ccsc1C=NNCc1ccccc1. The molecule has 0 aliphatic rings. The number of hydrogen-bond donors (Lipinski definition) is 1.